The van der Waals surface area contributed by atoms with Crippen molar-refractivity contribution in [2.75, 3.05) is 18.0 Å². The summed E-state index contributed by atoms with van der Waals surface area (Å²) < 4.78 is 25.9. The third-order valence-electron chi connectivity index (χ3n) is 2.74. The van der Waals surface area contributed by atoms with Gasteiger partial charge in [-0.1, -0.05) is 0 Å². The molecule has 0 amide bonds. The van der Waals surface area contributed by atoms with Crippen molar-refractivity contribution in [3.05, 3.63) is 24.0 Å². The number of alkyl halides is 2. The topological polar surface area (TPSA) is 33.2 Å². The Morgan fingerprint density at radius 2 is 2.00 bits per heavy atom. The molecule has 1 fully saturated rings. The van der Waals surface area contributed by atoms with Gasteiger partial charge in [-0.25, -0.2) is 8.78 Å². The Balaban J connectivity index is 2.11. The number of carbonyl (C=O) groups is 1. The lowest BCUT2D eigenvalue weighted by atomic mass is 10.1. The van der Waals surface area contributed by atoms with Crippen LogP contribution in [0.3, 0.4) is 0 Å². The molecule has 2 rings (SSSR count). The number of piperidine rings is 1. The largest absolute Gasteiger partial charge is 0.370 e. The molecule has 3 nitrogen and oxygen atoms in total. The highest BCUT2D eigenvalue weighted by molar-refractivity contribution is 5.76. The van der Waals surface area contributed by atoms with E-state index >= 15 is 0 Å². The Hall–Kier alpha value is -1.52. The quantitative estimate of drug-likeness (QED) is 0.724. The van der Waals surface area contributed by atoms with Gasteiger partial charge in [-0.2, -0.15) is 0 Å². The van der Waals surface area contributed by atoms with Gasteiger partial charge in [-0.15, -0.1) is 0 Å². The van der Waals surface area contributed by atoms with Crippen molar-refractivity contribution >= 4 is 12.0 Å². The molecule has 0 saturated carbocycles. The summed E-state index contributed by atoms with van der Waals surface area (Å²) in [5, 5.41) is 0. The fourth-order valence-electron chi connectivity index (χ4n) is 1.77. The minimum absolute atomic E-state index is 0.141. The fourth-order valence-corrected chi connectivity index (χ4v) is 1.77. The standard InChI is InChI=1S/C11H12F2N2O/c12-11(13)1-3-15(4-2-11)10-5-9(8-16)6-14-7-10/h5-8H,1-4H2. The highest BCUT2D eigenvalue weighted by atomic mass is 19.3. The second kappa shape index (κ2) is 4.15. The number of rotatable bonds is 2. The third-order valence-corrected chi connectivity index (χ3v) is 2.74. The van der Waals surface area contributed by atoms with Gasteiger partial charge in [-0.3, -0.25) is 9.78 Å². The van der Waals surface area contributed by atoms with Gasteiger partial charge < -0.3 is 4.90 Å². The molecule has 0 atom stereocenters. The molecule has 1 aromatic heterocycles. The van der Waals surface area contributed by atoms with E-state index in [1.165, 1.54) is 6.20 Å². The Kier molecular flexibility index (Phi) is 2.85. The van der Waals surface area contributed by atoms with E-state index < -0.39 is 5.92 Å². The third kappa shape index (κ3) is 2.35. The van der Waals surface area contributed by atoms with Gasteiger partial charge in [0.2, 0.25) is 0 Å². The lowest BCUT2D eigenvalue weighted by molar-refractivity contribution is -0.0220. The van der Waals surface area contributed by atoms with Crippen molar-refractivity contribution in [2.45, 2.75) is 18.8 Å². The summed E-state index contributed by atoms with van der Waals surface area (Å²) in [6.07, 6.45) is 3.47. The van der Waals surface area contributed by atoms with Gasteiger partial charge in [0.1, 0.15) is 0 Å². The van der Waals surface area contributed by atoms with E-state index in [2.05, 4.69) is 4.98 Å². The van der Waals surface area contributed by atoms with Crippen LogP contribution in [0.15, 0.2) is 18.5 Å². The molecule has 0 N–H and O–H groups in total. The molecule has 86 valence electrons. The summed E-state index contributed by atoms with van der Waals surface area (Å²) >= 11 is 0. The second-order valence-corrected chi connectivity index (χ2v) is 3.94. The minimum atomic E-state index is -2.55. The first kappa shape index (κ1) is 11.0. The first-order valence-corrected chi connectivity index (χ1v) is 5.14. The van der Waals surface area contributed by atoms with Crippen LogP contribution in [-0.4, -0.2) is 30.3 Å². The maximum atomic E-state index is 12.9. The van der Waals surface area contributed by atoms with Crippen molar-refractivity contribution in [2.24, 2.45) is 0 Å². The van der Waals surface area contributed by atoms with Crippen LogP contribution in [-0.2, 0) is 0 Å². The van der Waals surface area contributed by atoms with E-state index in [0.29, 0.717) is 24.9 Å². The average Bonchev–Trinajstić information content (AvgIpc) is 2.29. The van der Waals surface area contributed by atoms with Crippen LogP contribution < -0.4 is 4.90 Å². The zero-order valence-corrected chi connectivity index (χ0v) is 8.70. The number of hydrogen-bond acceptors (Lipinski definition) is 3. The van der Waals surface area contributed by atoms with Gasteiger partial charge >= 0.3 is 0 Å². The van der Waals surface area contributed by atoms with Gasteiger partial charge in [0, 0.05) is 37.7 Å². The number of aromatic nitrogens is 1. The summed E-state index contributed by atoms with van der Waals surface area (Å²) in [5.74, 6) is -2.55. The number of pyridine rings is 1. The molecule has 2 heterocycles. The van der Waals surface area contributed by atoms with Crippen LogP contribution in [0.4, 0.5) is 14.5 Å². The van der Waals surface area contributed by atoms with Crippen LogP contribution in [0.25, 0.3) is 0 Å². The molecule has 1 saturated heterocycles. The van der Waals surface area contributed by atoms with Crippen LogP contribution in [0, 0.1) is 0 Å². The van der Waals surface area contributed by atoms with E-state index in [4.69, 9.17) is 0 Å². The van der Waals surface area contributed by atoms with Crippen LogP contribution >= 0.6 is 0 Å². The zero-order valence-electron chi connectivity index (χ0n) is 8.70. The van der Waals surface area contributed by atoms with Crippen LogP contribution in [0.2, 0.25) is 0 Å². The molecule has 0 unspecified atom stereocenters. The highest BCUT2D eigenvalue weighted by Crippen LogP contribution is 2.30. The molecule has 0 bridgehead atoms. The van der Waals surface area contributed by atoms with E-state index in [1.54, 1.807) is 12.3 Å². The zero-order chi connectivity index (χ0) is 11.6. The number of carbonyl (C=O) groups excluding carboxylic acids is 1. The highest BCUT2D eigenvalue weighted by Gasteiger charge is 2.34. The smallest absolute Gasteiger partial charge is 0.251 e. The predicted molar refractivity (Wildman–Crippen MR) is 56.0 cm³/mol. The number of halogens is 2. The van der Waals surface area contributed by atoms with Crippen molar-refractivity contribution in [1.29, 1.82) is 0 Å². The van der Waals surface area contributed by atoms with Crippen LogP contribution in [0.5, 0.6) is 0 Å². The van der Waals surface area contributed by atoms with Crippen LogP contribution in [0.1, 0.15) is 23.2 Å². The average molecular weight is 226 g/mol. The van der Waals surface area contributed by atoms with E-state index in [0.717, 1.165) is 5.69 Å². The lowest BCUT2D eigenvalue weighted by Crippen LogP contribution is -2.39. The summed E-state index contributed by atoms with van der Waals surface area (Å²) in [4.78, 5) is 16.3. The fraction of sp³-hybridized carbons (Fsp3) is 0.455. The van der Waals surface area contributed by atoms with Gasteiger partial charge in [0.25, 0.3) is 5.92 Å². The molecule has 0 aromatic carbocycles. The molecule has 0 radical (unpaired) electrons. The molecule has 5 heteroatoms. The lowest BCUT2D eigenvalue weighted by Gasteiger charge is -2.33. The maximum absolute atomic E-state index is 12.9. The Labute approximate surface area is 92.1 Å². The van der Waals surface area contributed by atoms with E-state index in [1.807, 2.05) is 4.90 Å². The van der Waals surface area contributed by atoms with E-state index in [-0.39, 0.29) is 12.8 Å². The molecule has 0 spiro atoms. The van der Waals surface area contributed by atoms with Crippen molar-refractivity contribution in [1.82, 2.24) is 4.98 Å². The summed E-state index contributed by atoms with van der Waals surface area (Å²) in [6, 6.07) is 1.67. The molecular weight excluding hydrogens is 214 g/mol. The first-order valence-electron chi connectivity index (χ1n) is 5.14. The van der Waals surface area contributed by atoms with Crippen molar-refractivity contribution in [3.63, 3.8) is 0 Å². The predicted octanol–water partition coefficient (Wildman–Crippen LogP) is 2.13. The van der Waals surface area contributed by atoms with E-state index in [9.17, 15) is 13.6 Å². The number of anilines is 1. The SMILES string of the molecule is O=Cc1cncc(N2CCC(F)(F)CC2)c1. The first-order chi connectivity index (χ1) is 7.61. The Bertz CT molecular complexity index is 385. The summed E-state index contributed by atoms with van der Waals surface area (Å²) in [5.41, 5.74) is 1.20. The van der Waals surface area contributed by atoms with Gasteiger partial charge in [0.15, 0.2) is 6.29 Å². The number of aldehydes is 1. The molecular formula is C11H12F2N2O. The molecule has 1 aliphatic heterocycles. The summed E-state index contributed by atoms with van der Waals surface area (Å²) in [6.45, 7) is 0.605. The van der Waals surface area contributed by atoms with Crippen molar-refractivity contribution < 1.29 is 13.6 Å². The molecule has 1 aliphatic rings. The van der Waals surface area contributed by atoms with Gasteiger partial charge in [-0.05, 0) is 6.07 Å². The molecule has 0 aliphatic carbocycles. The Morgan fingerprint density at radius 3 is 2.62 bits per heavy atom. The van der Waals surface area contributed by atoms with Crippen molar-refractivity contribution in [3.8, 4) is 0 Å². The summed E-state index contributed by atoms with van der Waals surface area (Å²) in [7, 11) is 0. The monoisotopic (exact) mass is 226 g/mol. The Morgan fingerprint density at radius 1 is 1.31 bits per heavy atom. The number of nitrogens with zero attached hydrogens (tertiary/aromatic N) is 2. The minimum Gasteiger partial charge on any atom is -0.370 e. The molecule has 16 heavy (non-hydrogen) atoms. The number of hydrogen-bond donors (Lipinski definition) is 0. The second-order valence-electron chi connectivity index (χ2n) is 3.94. The maximum Gasteiger partial charge on any atom is 0.251 e. The van der Waals surface area contributed by atoms with Gasteiger partial charge in [0.05, 0.1) is 11.9 Å². The molecule has 1 aromatic rings. The normalized spacial score (nSPS) is 19.5.